The van der Waals surface area contributed by atoms with Crippen LogP contribution < -0.4 is 20.4 Å². The fourth-order valence-electron chi connectivity index (χ4n) is 6.20. The van der Waals surface area contributed by atoms with Gasteiger partial charge in [0.15, 0.2) is 0 Å². The quantitative estimate of drug-likeness (QED) is 0.0798. The van der Waals surface area contributed by atoms with E-state index in [1.165, 1.54) is 32.1 Å². The fourth-order valence-corrected chi connectivity index (χ4v) is 6.20. The molecular formula is C58H82Cu2N2O10. The molecule has 0 saturated heterocycles. The van der Waals surface area contributed by atoms with Crippen LogP contribution in [0.4, 0.5) is 0 Å². The smallest absolute Gasteiger partial charge is 0.550 e. The van der Waals surface area contributed by atoms with Gasteiger partial charge in [-0.1, -0.05) is 180 Å². The van der Waals surface area contributed by atoms with E-state index in [9.17, 15) is 49.2 Å². The Morgan fingerprint density at radius 3 is 0.556 bits per heavy atom. The monoisotopic (exact) mass is 1090 g/mol. The molecule has 0 N–H and O–H groups in total. The number of carbonyl (C=O) groups excluding carboxylic acids is 6. The molecule has 12 nitrogen and oxygen atoms in total. The van der Waals surface area contributed by atoms with E-state index in [0.29, 0.717) is 23.7 Å². The molecule has 14 heteroatoms. The van der Waals surface area contributed by atoms with Crippen molar-refractivity contribution in [3.63, 3.8) is 0 Å². The van der Waals surface area contributed by atoms with E-state index in [1.807, 2.05) is 97.1 Å². The summed E-state index contributed by atoms with van der Waals surface area (Å²) in [6.07, 6.45) is 5.61. The van der Waals surface area contributed by atoms with E-state index in [0.717, 1.165) is 60.8 Å². The molecule has 0 aliphatic carbocycles. The Morgan fingerprint density at radius 2 is 0.472 bits per heavy atom. The minimum atomic E-state index is -1.02. The Morgan fingerprint density at radius 1 is 0.347 bits per heavy atom. The Labute approximate surface area is 453 Å². The molecule has 0 unspecified atom stereocenters. The Hall–Kier alpha value is -5.26. The summed E-state index contributed by atoms with van der Waals surface area (Å²) in [4.78, 5) is 64.4. The van der Waals surface area contributed by atoms with Crippen molar-refractivity contribution < 1.29 is 83.3 Å². The van der Waals surface area contributed by atoms with Gasteiger partial charge < -0.3 is 49.4 Å². The standard InChI is InChI=1S/4C13H18O2.2C3H7NO.2Cu/c4*1-9(2)8-11-4-6-12(7-5-11)10(3)13(14)15;2*1-4(2)3-5;;/h4*4-7,9-10H,8H2,1-3H3,(H,14,15);2*3H,1-2H3;;/q;;;;;;2*+2/p-4/t4*10-;;;;/m1100..../s1. The van der Waals surface area contributed by atoms with E-state index in [1.54, 1.807) is 55.9 Å². The van der Waals surface area contributed by atoms with Crippen molar-refractivity contribution in [2.24, 2.45) is 23.7 Å². The summed E-state index contributed by atoms with van der Waals surface area (Å²) in [5, 5.41) is 42.6. The van der Waals surface area contributed by atoms with Gasteiger partial charge in [0.2, 0.25) is 12.8 Å². The summed E-state index contributed by atoms with van der Waals surface area (Å²) in [5.74, 6) is -3.73. The first kappa shape index (κ1) is 73.3. The number of carboxylic acid groups (broad SMARTS) is 4. The molecule has 72 heavy (non-hydrogen) atoms. The van der Waals surface area contributed by atoms with E-state index in [-0.39, 0.29) is 34.1 Å². The van der Waals surface area contributed by atoms with Crippen LogP contribution >= 0.6 is 0 Å². The van der Waals surface area contributed by atoms with Crippen LogP contribution in [0.5, 0.6) is 0 Å². The average molecular weight is 1090 g/mol. The van der Waals surface area contributed by atoms with Gasteiger partial charge in [-0.15, -0.1) is 0 Å². The number of aliphatic carboxylic acids is 4. The number of nitrogens with zero attached hydrogens (tertiary/aromatic N) is 2. The first-order chi connectivity index (χ1) is 32.6. The topological polar surface area (TPSA) is 201 Å². The van der Waals surface area contributed by atoms with Crippen LogP contribution in [0.1, 0.15) is 151 Å². The molecule has 4 atom stereocenters. The summed E-state index contributed by atoms with van der Waals surface area (Å²) in [6.45, 7) is 23.9. The zero-order valence-corrected chi connectivity index (χ0v) is 47.3. The van der Waals surface area contributed by atoms with E-state index in [4.69, 9.17) is 0 Å². The molecule has 4 aromatic rings. The Balaban J connectivity index is -0.000000398. The predicted molar refractivity (Wildman–Crippen MR) is 273 cm³/mol. The van der Waals surface area contributed by atoms with Crippen molar-refractivity contribution in [2.75, 3.05) is 28.2 Å². The molecule has 4 rings (SSSR count). The van der Waals surface area contributed by atoms with Gasteiger partial charge in [0.1, 0.15) is 0 Å². The summed E-state index contributed by atoms with van der Waals surface area (Å²) in [5.41, 5.74) is 8.23. The summed E-state index contributed by atoms with van der Waals surface area (Å²) >= 11 is 0. The minimum Gasteiger partial charge on any atom is -0.550 e. The third-order valence-corrected chi connectivity index (χ3v) is 10.3. The van der Waals surface area contributed by atoms with Crippen molar-refractivity contribution in [2.45, 2.75) is 132 Å². The van der Waals surface area contributed by atoms with Crippen LogP contribution in [0.2, 0.25) is 0 Å². The number of hydrogen-bond acceptors (Lipinski definition) is 10. The maximum absolute atomic E-state index is 10.7. The number of rotatable bonds is 18. The third-order valence-electron chi connectivity index (χ3n) is 10.3. The van der Waals surface area contributed by atoms with Crippen LogP contribution in [-0.2, 0) is 88.6 Å². The van der Waals surface area contributed by atoms with E-state index in [2.05, 4.69) is 55.4 Å². The van der Waals surface area contributed by atoms with Crippen molar-refractivity contribution in [3.8, 4) is 0 Å². The molecule has 0 aliphatic heterocycles. The van der Waals surface area contributed by atoms with Crippen LogP contribution in [0, 0.1) is 23.7 Å². The fraction of sp³-hybridized carbons (Fsp3) is 0.483. The minimum absolute atomic E-state index is 0. The van der Waals surface area contributed by atoms with Gasteiger partial charge in [0, 0.05) is 75.7 Å². The summed E-state index contributed by atoms with van der Waals surface area (Å²) in [6, 6.07) is 30.9. The zero-order chi connectivity index (χ0) is 54.3. The number of benzene rings is 4. The van der Waals surface area contributed by atoms with Crippen molar-refractivity contribution in [1.29, 1.82) is 0 Å². The van der Waals surface area contributed by atoms with Gasteiger partial charge in [0.05, 0.1) is 0 Å². The number of carboxylic acids is 4. The molecule has 0 heterocycles. The van der Waals surface area contributed by atoms with Crippen molar-refractivity contribution in [1.82, 2.24) is 9.80 Å². The molecule has 0 fully saturated rings. The molecule has 0 spiro atoms. The Kier molecular flexibility index (Phi) is 41.0. The molecule has 0 saturated carbocycles. The molecule has 2 radical (unpaired) electrons. The van der Waals surface area contributed by atoms with Gasteiger partial charge in [-0.05, 0) is 93.9 Å². The second kappa shape index (κ2) is 40.2. The predicted octanol–water partition coefficient (Wildman–Crippen LogP) is 6.36. The third kappa shape index (κ3) is 35.0. The van der Waals surface area contributed by atoms with Gasteiger partial charge in [-0.25, -0.2) is 0 Å². The SMILES string of the molecule is CC(C)Cc1ccc([C@@H](C)C(=O)[O-])cc1.CC(C)Cc1ccc([C@@H](C)C(=O)[O-])cc1.CC(C)Cc1ccc([C@H](C)C(=O)[O-])cc1.CC(C)Cc1ccc([C@H](C)C(=O)[O-])cc1.CN(C)C=O.CN(C)C=O.[Cu+2].[Cu+2]. The van der Waals surface area contributed by atoms with Crippen LogP contribution in [0.25, 0.3) is 0 Å². The summed E-state index contributed by atoms with van der Waals surface area (Å²) < 4.78 is 0. The first-order valence-corrected chi connectivity index (χ1v) is 24.0. The van der Waals surface area contributed by atoms with Crippen LogP contribution in [0.3, 0.4) is 0 Å². The van der Waals surface area contributed by atoms with Crippen LogP contribution in [0.15, 0.2) is 97.1 Å². The van der Waals surface area contributed by atoms with E-state index < -0.39 is 47.5 Å². The van der Waals surface area contributed by atoms with E-state index >= 15 is 0 Å². The maximum atomic E-state index is 10.7. The second-order valence-corrected chi connectivity index (χ2v) is 19.7. The molecule has 0 aromatic heterocycles. The molecule has 406 valence electrons. The Bertz CT molecular complexity index is 1800. The maximum Gasteiger partial charge on any atom is 2.00 e. The van der Waals surface area contributed by atoms with Gasteiger partial charge in [0.25, 0.3) is 0 Å². The molecule has 2 amide bonds. The van der Waals surface area contributed by atoms with Crippen molar-refractivity contribution in [3.05, 3.63) is 142 Å². The largest absolute Gasteiger partial charge is 2.00 e. The molecule has 0 bridgehead atoms. The number of carbonyl (C=O) groups is 6. The molecule has 4 aromatic carbocycles. The molecule has 0 aliphatic rings. The number of amides is 2. The van der Waals surface area contributed by atoms with Crippen molar-refractivity contribution >= 4 is 36.7 Å². The van der Waals surface area contributed by atoms with Gasteiger partial charge >= 0.3 is 34.1 Å². The van der Waals surface area contributed by atoms with Crippen LogP contribution in [-0.4, -0.2) is 74.7 Å². The first-order valence-electron chi connectivity index (χ1n) is 24.0. The van der Waals surface area contributed by atoms with Gasteiger partial charge in [-0.2, -0.15) is 0 Å². The molecular weight excluding hydrogens is 1010 g/mol. The second-order valence-electron chi connectivity index (χ2n) is 19.7. The summed E-state index contributed by atoms with van der Waals surface area (Å²) in [7, 11) is 6.75. The zero-order valence-electron chi connectivity index (χ0n) is 45.4. The average Bonchev–Trinajstić information content (AvgIpc) is 3.29. The normalized spacial score (nSPS) is 11.6. The number of hydrogen-bond donors (Lipinski definition) is 0. The van der Waals surface area contributed by atoms with Gasteiger partial charge in [-0.3, -0.25) is 9.59 Å².